The van der Waals surface area contributed by atoms with Crippen molar-refractivity contribution in [3.05, 3.63) is 120 Å². The summed E-state index contributed by atoms with van der Waals surface area (Å²) >= 11 is 0. The van der Waals surface area contributed by atoms with Crippen LogP contribution < -0.4 is 10.2 Å². The second-order valence-corrected chi connectivity index (χ2v) is 7.50. The van der Waals surface area contributed by atoms with Crippen molar-refractivity contribution in [2.75, 3.05) is 10.2 Å². The van der Waals surface area contributed by atoms with Gasteiger partial charge in [-0.05, 0) is 60.5 Å². The minimum atomic E-state index is -1.19. The Morgan fingerprint density at radius 3 is 2.35 bits per heavy atom. The second-order valence-electron chi connectivity index (χ2n) is 7.50. The summed E-state index contributed by atoms with van der Waals surface area (Å²) in [6.45, 7) is 1.81. The first-order valence-corrected chi connectivity index (χ1v) is 10.4. The number of nitrogens with zero attached hydrogens (tertiary/aromatic N) is 3. The molecule has 0 radical (unpaired) electrons. The number of amides is 2. The largest absolute Gasteiger partial charge is 0.324 e. The molecule has 1 atom stereocenters. The van der Waals surface area contributed by atoms with Crippen LogP contribution in [-0.4, -0.2) is 21.8 Å². The van der Waals surface area contributed by atoms with E-state index in [4.69, 9.17) is 0 Å². The van der Waals surface area contributed by atoms with Crippen LogP contribution in [0.5, 0.6) is 0 Å². The first-order chi connectivity index (χ1) is 16.4. The third-order valence-electron chi connectivity index (χ3n) is 5.19. The van der Waals surface area contributed by atoms with E-state index in [0.717, 1.165) is 5.56 Å². The van der Waals surface area contributed by atoms with Crippen LogP contribution in [0.1, 0.15) is 27.7 Å². The number of aryl methyl sites for hydroxylation is 1. The lowest BCUT2D eigenvalue weighted by Crippen LogP contribution is -2.42. The van der Waals surface area contributed by atoms with E-state index in [1.165, 1.54) is 72.0 Å². The van der Waals surface area contributed by atoms with Crippen molar-refractivity contribution >= 4 is 23.2 Å². The van der Waals surface area contributed by atoms with E-state index in [-0.39, 0.29) is 11.4 Å². The molecule has 1 N–H and O–H groups in total. The summed E-state index contributed by atoms with van der Waals surface area (Å²) < 4.78 is 27.6. The summed E-state index contributed by atoms with van der Waals surface area (Å²) in [4.78, 5) is 36.5. The van der Waals surface area contributed by atoms with Crippen molar-refractivity contribution in [2.45, 2.75) is 13.0 Å². The minimum absolute atomic E-state index is 0.0140. The maximum absolute atomic E-state index is 14.2. The molecule has 0 spiro atoms. The van der Waals surface area contributed by atoms with Crippen LogP contribution in [0.15, 0.2) is 91.4 Å². The summed E-state index contributed by atoms with van der Waals surface area (Å²) in [5.41, 5.74) is 1.77. The Hall–Kier alpha value is -4.46. The zero-order valence-electron chi connectivity index (χ0n) is 18.2. The summed E-state index contributed by atoms with van der Waals surface area (Å²) in [5.74, 6) is -2.23. The highest BCUT2D eigenvalue weighted by atomic mass is 19.1. The summed E-state index contributed by atoms with van der Waals surface area (Å²) in [6, 6.07) is 16.6. The lowest BCUT2D eigenvalue weighted by Gasteiger charge is -2.32. The van der Waals surface area contributed by atoms with Gasteiger partial charge in [0.1, 0.15) is 23.4 Å². The molecule has 0 bridgehead atoms. The first-order valence-electron chi connectivity index (χ1n) is 10.4. The van der Waals surface area contributed by atoms with Crippen LogP contribution >= 0.6 is 0 Å². The number of benzene rings is 3. The van der Waals surface area contributed by atoms with Crippen LogP contribution in [0.2, 0.25) is 0 Å². The smallest absolute Gasteiger partial charge is 0.279 e. The third kappa shape index (κ3) is 4.96. The second kappa shape index (κ2) is 9.99. The van der Waals surface area contributed by atoms with Gasteiger partial charge in [0, 0.05) is 23.8 Å². The SMILES string of the molecule is Cc1ccccc1[C@H](C(=O)Nc1ccc(F)cc1)N(C(=O)c1cnccn1)c1cccc(F)c1. The molecule has 0 unspecified atom stereocenters. The maximum atomic E-state index is 14.2. The maximum Gasteiger partial charge on any atom is 0.279 e. The fourth-order valence-corrected chi connectivity index (χ4v) is 3.58. The van der Waals surface area contributed by atoms with Crippen LogP contribution in [0.4, 0.5) is 20.2 Å². The van der Waals surface area contributed by atoms with Crippen LogP contribution in [0.25, 0.3) is 0 Å². The van der Waals surface area contributed by atoms with Crippen molar-refractivity contribution < 1.29 is 18.4 Å². The minimum Gasteiger partial charge on any atom is -0.324 e. The molecule has 2 amide bonds. The van der Waals surface area contributed by atoms with Crippen LogP contribution in [-0.2, 0) is 4.79 Å². The fourth-order valence-electron chi connectivity index (χ4n) is 3.58. The number of hydrogen-bond acceptors (Lipinski definition) is 4. The van der Waals surface area contributed by atoms with Gasteiger partial charge in [-0.25, -0.2) is 13.8 Å². The predicted octanol–water partition coefficient (Wildman–Crippen LogP) is 5.09. The van der Waals surface area contributed by atoms with Gasteiger partial charge in [-0.15, -0.1) is 0 Å². The van der Waals surface area contributed by atoms with E-state index < -0.39 is 29.5 Å². The predicted molar refractivity (Wildman–Crippen MR) is 124 cm³/mol. The number of aromatic nitrogens is 2. The average Bonchev–Trinajstić information content (AvgIpc) is 2.84. The van der Waals surface area contributed by atoms with Crippen molar-refractivity contribution in [1.82, 2.24) is 9.97 Å². The van der Waals surface area contributed by atoms with Gasteiger partial charge in [0.05, 0.1) is 6.20 Å². The lowest BCUT2D eigenvalue weighted by molar-refractivity contribution is -0.117. The number of rotatable bonds is 6. The Balaban J connectivity index is 1.87. The molecular weight excluding hydrogens is 438 g/mol. The monoisotopic (exact) mass is 458 g/mol. The number of carbonyl (C=O) groups is 2. The molecule has 0 fully saturated rings. The highest BCUT2D eigenvalue weighted by molar-refractivity contribution is 6.11. The van der Waals surface area contributed by atoms with E-state index >= 15 is 0 Å². The third-order valence-corrected chi connectivity index (χ3v) is 5.19. The average molecular weight is 458 g/mol. The zero-order chi connectivity index (χ0) is 24.1. The molecule has 8 heteroatoms. The Labute approximate surface area is 194 Å². The van der Waals surface area contributed by atoms with E-state index in [0.29, 0.717) is 11.3 Å². The molecule has 0 aliphatic carbocycles. The Kier molecular flexibility index (Phi) is 6.68. The highest BCUT2D eigenvalue weighted by Crippen LogP contribution is 2.32. The molecule has 3 aromatic carbocycles. The van der Waals surface area contributed by atoms with Crippen molar-refractivity contribution in [1.29, 1.82) is 0 Å². The molecule has 34 heavy (non-hydrogen) atoms. The lowest BCUT2D eigenvalue weighted by atomic mass is 9.97. The Morgan fingerprint density at radius 1 is 0.912 bits per heavy atom. The first kappa shape index (κ1) is 22.7. The summed E-state index contributed by atoms with van der Waals surface area (Å²) in [6.07, 6.45) is 4.06. The molecule has 0 aliphatic heterocycles. The molecule has 0 saturated heterocycles. The molecule has 0 saturated carbocycles. The van der Waals surface area contributed by atoms with Gasteiger partial charge in [-0.3, -0.25) is 19.5 Å². The van der Waals surface area contributed by atoms with Gasteiger partial charge in [0.15, 0.2) is 0 Å². The standard InChI is InChI=1S/C26H20F2N4O2/c1-17-5-2-3-8-22(17)24(25(33)31-20-11-9-18(27)10-12-20)32(21-7-4-6-19(28)15-21)26(34)23-16-29-13-14-30-23/h2-16,24H,1H3,(H,31,33)/t24-/m1/s1. The number of hydrogen-bond donors (Lipinski definition) is 1. The number of anilines is 2. The molecule has 0 aliphatic rings. The van der Waals surface area contributed by atoms with Gasteiger partial charge >= 0.3 is 0 Å². The van der Waals surface area contributed by atoms with E-state index in [9.17, 15) is 18.4 Å². The van der Waals surface area contributed by atoms with E-state index in [1.807, 2.05) is 19.1 Å². The molecular formula is C26H20F2N4O2. The molecule has 1 heterocycles. The van der Waals surface area contributed by atoms with Crippen molar-refractivity contribution in [3.63, 3.8) is 0 Å². The van der Waals surface area contributed by atoms with Gasteiger partial charge in [-0.2, -0.15) is 0 Å². The molecule has 4 aromatic rings. The van der Waals surface area contributed by atoms with E-state index in [2.05, 4.69) is 15.3 Å². The van der Waals surface area contributed by atoms with E-state index in [1.54, 1.807) is 12.1 Å². The van der Waals surface area contributed by atoms with Crippen LogP contribution in [0, 0.1) is 18.6 Å². The Morgan fingerprint density at radius 2 is 1.68 bits per heavy atom. The number of nitrogens with one attached hydrogen (secondary N) is 1. The van der Waals surface area contributed by atoms with Gasteiger partial charge < -0.3 is 5.32 Å². The highest BCUT2D eigenvalue weighted by Gasteiger charge is 2.35. The van der Waals surface area contributed by atoms with Crippen molar-refractivity contribution in [3.8, 4) is 0 Å². The molecule has 6 nitrogen and oxygen atoms in total. The summed E-state index contributed by atoms with van der Waals surface area (Å²) in [5, 5.41) is 2.74. The van der Waals surface area contributed by atoms with Gasteiger partial charge in [0.25, 0.3) is 11.8 Å². The number of halogens is 2. The molecule has 4 rings (SSSR count). The number of carbonyl (C=O) groups excluding carboxylic acids is 2. The van der Waals surface area contributed by atoms with Gasteiger partial charge in [0.2, 0.25) is 0 Å². The summed E-state index contributed by atoms with van der Waals surface area (Å²) in [7, 11) is 0. The molecule has 1 aromatic heterocycles. The van der Waals surface area contributed by atoms with Crippen LogP contribution in [0.3, 0.4) is 0 Å². The Bertz CT molecular complexity index is 1310. The zero-order valence-corrected chi connectivity index (χ0v) is 18.2. The topological polar surface area (TPSA) is 75.2 Å². The van der Waals surface area contributed by atoms with Crippen molar-refractivity contribution in [2.24, 2.45) is 0 Å². The quantitative estimate of drug-likeness (QED) is 0.437. The fraction of sp³-hybridized carbons (Fsp3) is 0.0769. The normalized spacial score (nSPS) is 11.5. The van der Waals surface area contributed by atoms with Gasteiger partial charge in [-0.1, -0.05) is 30.3 Å². The molecule has 170 valence electrons.